The Bertz CT molecular complexity index is 585. The fourth-order valence-corrected chi connectivity index (χ4v) is 4.25. The molecule has 0 radical (unpaired) electrons. The van der Waals surface area contributed by atoms with E-state index in [0.29, 0.717) is 12.1 Å². The highest BCUT2D eigenvalue weighted by Crippen LogP contribution is 2.19. The minimum atomic E-state index is 0. The van der Waals surface area contributed by atoms with Gasteiger partial charge in [0.15, 0.2) is 5.96 Å². The van der Waals surface area contributed by atoms with Gasteiger partial charge in [-0.15, -0.1) is 24.0 Å². The van der Waals surface area contributed by atoms with Gasteiger partial charge in [0.2, 0.25) is 0 Å². The molecule has 1 aromatic heterocycles. The molecule has 0 atom stereocenters. The largest absolute Gasteiger partial charge is 0.376 e. The summed E-state index contributed by atoms with van der Waals surface area (Å²) in [6.07, 6.45) is 12.4. The van der Waals surface area contributed by atoms with Gasteiger partial charge in [0, 0.05) is 38.4 Å². The number of ether oxygens (including phenoxy) is 1. The maximum Gasteiger partial charge on any atom is 0.191 e. The second-order valence-corrected chi connectivity index (χ2v) is 8.26. The molecule has 0 unspecified atom stereocenters. The van der Waals surface area contributed by atoms with Crippen molar-refractivity contribution in [2.75, 3.05) is 32.8 Å². The van der Waals surface area contributed by atoms with Crippen molar-refractivity contribution in [3.05, 3.63) is 30.1 Å². The van der Waals surface area contributed by atoms with Crippen LogP contribution in [0, 0.1) is 0 Å². The summed E-state index contributed by atoms with van der Waals surface area (Å²) in [5.74, 6) is 0.931. The second-order valence-electron chi connectivity index (χ2n) is 8.26. The van der Waals surface area contributed by atoms with Gasteiger partial charge in [-0.25, -0.2) is 0 Å². The van der Waals surface area contributed by atoms with Crippen LogP contribution in [-0.4, -0.2) is 60.8 Å². The number of nitrogens with zero attached hydrogens (tertiary/aromatic N) is 3. The molecule has 0 bridgehead atoms. The van der Waals surface area contributed by atoms with Gasteiger partial charge in [-0.3, -0.25) is 14.9 Å². The third-order valence-corrected chi connectivity index (χ3v) is 5.90. The Kier molecular flexibility index (Phi) is 12.6. The Morgan fingerprint density at radius 3 is 2.57 bits per heavy atom. The van der Waals surface area contributed by atoms with E-state index in [0.717, 1.165) is 63.8 Å². The molecule has 2 aliphatic rings. The van der Waals surface area contributed by atoms with Crippen LogP contribution < -0.4 is 10.6 Å². The number of nitrogens with one attached hydrogen (secondary N) is 2. The van der Waals surface area contributed by atoms with Gasteiger partial charge in [0.1, 0.15) is 0 Å². The van der Waals surface area contributed by atoms with Crippen molar-refractivity contribution in [2.24, 2.45) is 4.99 Å². The van der Waals surface area contributed by atoms with E-state index >= 15 is 0 Å². The van der Waals surface area contributed by atoms with Crippen LogP contribution in [0.5, 0.6) is 0 Å². The number of pyridine rings is 1. The van der Waals surface area contributed by atoms with Crippen molar-refractivity contribution < 1.29 is 4.74 Å². The Hall–Kier alpha value is -0.930. The Labute approximate surface area is 199 Å². The number of aromatic nitrogens is 1. The number of piperidine rings is 1. The summed E-state index contributed by atoms with van der Waals surface area (Å²) < 4.78 is 6.08. The molecule has 0 amide bonds. The van der Waals surface area contributed by atoms with Crippen LogP contribution in [0.4, 0.5) is 0 Å². The molecular weight excluding hydrogens is 489 g/mol. The van der Waals surface area contributed by atoms with Gasteiger partial charge in [-0.2, -0.15) is 0 Å². The summed E-state index contributed by atoms with van der Waals surface area (Å²) in [6.45, 7) is 7.59. The number of guanidine groups is 1. The molecule has 0 spiro atoms. The lowest BCUT2D eigenvalue weighted by atomic mass is 10.0. The van der Waals surface area contributed by atoms with E-state index < -0.39 is 0 Å². The van der Waals surface area contributed by atoms with Crippen LogP contribution in [0.1, 0.15) is 64.0 Å². The zero-order valence-corrected chi connectivity index (χ0v) is 20.9. The lowest BCUT2D eigenvalue weighted by Crippen LogP contribution is -2.48. The van der Waals surface area contributed by atoms with Crippen molar-refractivity contribution in [1.82, 2.24) is 20.5 Å². The second kappa shape index (κ2) is 15.0. The van der Waals surface area contributed by atoms with Crippen molar-refractivity contribution in [2.45, 2.75) is 77.0 Å². The quantitative estimate of drug-likeness (QED) is 0.176. The SMILES string of the molecule is CCNC(=NCCOC1CCCCCC1)NC1CCN(Cc2ccccn2)CC1.I. The first kappa shape index (κ1) is 25.3. The normalized spacial score (nSPS) is 19.7. The van der Waals surface area contributed by atoms with Crippen molar-refractivity contribution in [3.63, 3.8) is 0 Å². The van der Waals surface area contributed by atoms with E-state index in [9.17, 15) is 0 Å². The first-order valence-corrected chi connectivity index (χ1v) is 11.6. The van der Waals surface area contributed by atoms with E-state index in [1.165, 1.54) is 38.5 Å². The van der Waals surface area contributed by atoms with Gasteiger partial charge >= 0.3 is 0 Å². The number of hydrogen-bond acceptors (Lipinski definition) is 4. The molecule has 2 heterocycles. The smallest absolute Gasteiger partial charge is 0.191 e. The predicted molar refractivity (Wildman–Crippen MR) is 135 cm³/mol. The van der Waals surface area contributed by atoms with Crippen LogP contribution in [0.25, 0.3) is 0 Å². The van der Waals surface area contributed by atoms with Crippen molar-refractivity contribution in [1.29, 1.82) is 0 Å². The topological polar surface area (TPSA) is 61.8 Å². The maximum absolute atomic E-state index is 6.08. The molecule has 1 aromatic rings. The Morgan fingerprint density at radius 2 is 1.90 bits per heavy atom. The molecule has 170 valence electrons. The summed E-state index contributed by atoms with van der Waals surface area (Å²) >= 11 is 0. The summed E-state index contributed by atoms with van der Waals surface area (Å²) in [6, 6.07) is 6.63. The summed E-state index contributed by atoms with van der Waals surface area (Å²) in [7, 11) is 0. The Balaban J connectivity index is 0.00000320. The van der Waals surface area contributed by atoms with E-state index in [1.807, 2.05) is 12.3 Å². The van der Waals surface area contributed by atoms with E-state index in [4.69, 9.17) is 9.73 Å². The first-order valence-electron chi connectivity index (χ1n) is 11.6. The number of aliphatic imine (C=N–C) groups is 1. The molecule has 1 saturated carbocycles. The molecule has 30 heavy (non-hydrogen) atoms. The monoisotopic (exact) mass is 529 g/mol. The highest BCUT2D eigenvalue weighted by molar-refractivity contribution is 14.0. The maximum atomic E-state index is 6.08. The van der Waals surface area contributed by atoms with E-state index in [1.54, 1.807) is 0 Å². The molecule has 1 saturated heterocycles. The van der Waals surface area contributed by atoms with Crippen LogP contribution in [-0.2, 0) is 11.3 Å². The van der Waals surface area contributed by atoms with Gasteiger partial charge in [0.25, 0.3) is 0 Å². The van der Waals surface area contributed by atoms with Crippen LogP contribution in [0.3, 0.4) is 0 Å². The average molecular weight is 530 g/mol. The van der Waals surface area contributed by atoms with Gasteiger partial charge in [-0.05, 0) is 44.7 Å². The molecular formula is C23H40IN5O. The standard InChI is InChI=1S/C23H39N5O.HI/c1-2-24-23(26-15-18-29-22-10-5-3-4-6-11-22)27-20-12-16-28(17-13-20)19-21-9-7-8-14-25-21;/h7-9,14,20,22H,2-6,10-13,15-19H2,1H3,(H2,24,26,27);1H. The van der Waals surface area contributed by atoms with Gasteiger partial charge < -0.3 is 15.4 Å². The number of rotatable bonds is 8. The van der Waals surface area contributed by atoms with E-state index in [2.05, 4.69) is 39.6 Å². The highest BCUT2D eigenvalue weighted by Gasteiger charge is 2.20. The molecule has 2 fully saturated rings. The minimum absolute atomic E-state index is 0. The summed E-state index contributed by atoms with van der Waals surface area (Å²) in [4.78, 5) is 11.7. The lowest BCUT2D eigenvalue weighted by molar-refractivity contribution is 0.0487. The third-order valence-electron chi connectivity index (χ3n) is 5.90. The molecule has 6 nitrogen and oxygen atoms in total. The Morgan fingerprint density at radius 1 is 1.13 bits per heavy atom. The number of hydrogen-bond donors (Lipinski definition) is 2. The molecule has 7 heteroatoms. The zero-order chi connectivity index (χ0) is 20.2. The van der Waals surface area contributed by atoms with E-state index in [-0.39, 0.29) is 24.0 Å². The van der Waals surface area contributed by atoms with Crippen LogP contribution >= 0.6 is 24.0 Å². The zero-order valence-electron chi connectivity index (χ0n) is 18.5. The molecule has 3 rings (SSSR count). The van der Waals surface area contributed by atoms with Gasteiger partial charge in [0.05, 0.1) is 24.9 Å². The lowest BCUT2D eigenvalue weighted by Gasteiger charge is -2.32. The number of likely N-dealkylation sites (tertiary alicyclic amines) is 1. The van der Waals surface area contributed by atoms with Crippen LogP contribution in [0.15, 0.2) is 29.4 Å². The van der Waals surface area contributed by atoms with Crippen LogP contribution in [0.2, 0.25) is 0 Å². The highest BCUT2D eigenvalue weighted by atomic mass is 127. The fourth-order valence-electron chi connectivity index (χ4n) is 4.25. The van der Waals surface area contributed by atoms with Crippen molar-refractivity contribution >= 4 is 29.9 Å². The molecule has 1 aliphatic heterocycles. The minimum Gasteiger partial charge on any atom is -0.376 e. The summed E-state index contributed by atoms with van der Waals surface area (Å²) in [5, 5.41) is 7.02. The fraction of sp³-hybridized carbons (Fsp3) is 0.739. The molecule has 0 aromatic carbocycles. The summed E-state index contributed by atoms with van der Waals surface area (Å²) in [5.41, 5.74) is 1.16. The number of halogens is 1. The average Bonchev–Trinajstić information content (AvgIpc) is 3.02. The van der Waals surface area contributed by atoms with Crippen molar-refractivity contribution in [3.8, 4) is 0 Å². The first-order chi connectivity index (χ1) is 14.3. The third kappa shape index (κ3) is 9.47. The molecule has 2 N–H and O–H groups in total. The predicted octanol–water partition coefficient (Wildman–Crippen LogP) is 3.96. The van der Waals surface area contributed by atoms with Gasteiger partial charge in [-0.1, -0.05) is 31.7 Å². The molecule has 1 aliphatic carbocycles.